The van der Waals surface area contributed by atoms with Crippen LogP contribution in [0.1, 0.15) is 36.4 Å². The molecule has 0 radical (unpaired) electrons. The van der Waals surface area contributed by atoms with E-state index in [1.165, 1.54) is 11.3 Å². The summed E-state index contributed by atoms with van der Waals surface area (Å²) in [5.41, 5.74) is 0.629. The van der Waals surface area contributed by atoms with Gasteiger partial charge in [-0.15, -0.1) is 10.2 Å². The van der Waals surface area contributed by atoms with Crippen LogP contribution >= 0.6 is 11.3 Å². The summed E-state index contributed by atoms with van der Waals surface area (Å²) in [4.78, 5) is 16.3. The molecule has 30 heavy (non-hydrogen) atoms. The van der Waals surface area contributed by atoms with Crippen molar-refractivity contribution in [1.29, 1.82) is 0 Å². The highest BCUT2D eigenvalue weighted by atomic mass is 32.1. The second kappa shape index (κ2) is 8.30. The molecule has 0 bridgehead atoms. The number of thiazole rings is 1. The molecule has 0 unspecified atom stereocenters. The number of hydrogen-bond donors (Lipinski definition) is 2. The van der Waals surface area contributed by atoms with Crippen LogP contribution in [-0.2, 0) is 25.7 Å². The summed E-state index contributed by atoms with van der Waals surface area (Å²) in [7, 11) is 0. The monoisotopic (exact) mass is 442 g/mol. The minimum Gasteiger partial charge on any atom is -0.395 e. The Kier molecular flexibility index (Phi) is 5.73. The maximum atomic E-state index is 13.1. The molecule has 1 aliphatic heterocycles. The van der Waals surface area contributed by atoms with E-state index < -0.39 is 12.0 Å². The van der Waals surface area contributed by atoms with Gasteiger partial charge in [0.15, 0.2) is 16.5 Å². The van der Waals surface area contributed by atoms with Gasteiger partial charge in [-0.25, -0.2) is 9.97 Å². The first-order valence-electron chi connectivity index (χ1n) is 9.67. The molecule has 0 atom stereocenters. The lowest BCUT2D eigenvalue weighted by Gasteiger charge is -2.29. The molecule has 3 aromatic rings. The van der Waals surface area contributed by atoms with Gasteiger partial charge in [0.25, 0.3) is 0 Å². The van der Waals surface area contributed by atoms with Crippen molar-refractivity contribution in [3.05, 3.63) is 16.7 Å². The van der Waals surface area contributed by atoms with Gasteiger partial charge in [0.1, 0.15) is 5.52 Å². The summed E-state index contributed by atoms with van der Waals surface area (Å²) in [5.74, 6) is 0.139. The molecule has 0 spiro atoms. The number of nitrogens with zero attached hydrogens (tertiary/aromatic N) is 7. The van der Waals surface area contributed by atoms with Gasteiger partial charge in [-0.3, -0.25) is 0 Å². The summed E-state index contributed by atoms with van der Waals surface area (Å²) in [6.07, 6.45) is -1.66. The van der Waals surface area contributed by atoms with Crippen LogP contribution in [0.25, 0.3) is 10.3 Å². The van der Waals surface area contributed by atoms with E-state index in [2.05, 4.69) is 32.4 Å². The molecule has 2 N–H and O–H groups in total. The minimum absolute atomic E-state index is 0.0752. The lowest BCUT2D eigenvalue weighted by molar-refractivity contribution is -0.147. The molecule has 4 heterocycles. The fourth-order valence-corrected chi connectivity index (χ4v) is 4.27. The minimum atomic E-state index is -4.54. The predicted octanol–water partition coefficient (Wildman–Crippen LogP) is 2.46. The highest BCUT2D eigenvalue weighted by molar-refractivity contribution is 7.18. The molecule has 0 amide bonds. The number of alkyl halides is 3. The van der Waals surface area contributed by atoms with Crippen LogP contribution in [0.15, 0.2) is 0 Å². The summed E-state index contributed by atoms with van der Waals surface area (Å²) in [6.45, 7) is 2.85. The highest BCUT2D eigenvalue weighted by Crippen LogP contribution is 2.33. The van der Waals surface area contributed by atoms with Crippen LogP contribution < -0.4 is 10.2 Å². The highest BCUT2D eigenvalue weighted by Gasteiger charge is 2.39. The van der Waals surface area contributed by atoms with E-state index >= 15 is 0 Å². The average Bonchev–Trinajstić information content (AvgIpc) is 3.33. The standard InChI is InChI=1S/C17H21F3N8OS/c1-2-3-4-11-22-12-13(23-16(21-5-8-29)24-14(12)30-11)27-6-7-28-10(9-27)25-26-15(28)17(18,19)20/h29H,2-9H2,1H3,(H,21,23,24). The third-order valence-corrected chi connectivity index (χ3v) is 5.74. The van der Waals surface area contributed by atoms with Crippen molar-refractivity contribution >= 4 is 33.5 Å². The summed E-state index contributed by atoms with van der Waals surface area (Å²) in [6, 6.07) is 0. The molecule has 162 valence electrons. The van der Waals surface area contributed by atoms with Crippen molar-refractivity contribution < 1.29 is 18.3 Å². The number of aliphatic hydroxyl groups excluding tert-OH is 1. The fourth-order valence-electron chi connectivity index (χ4n) is 3.30. The first kappa shape index (κ1) is 20.7. The van der Waals surface area contributed by atoms with Crippen molar-refractivity contribution in [3.8, 4) is 0 Å². The number of hydrogen-bond acceptors (Lipinski definition) is 9. The third-order valence-electron chi connectivity index (χ3n) is 4.73. The molecule has 0 saturated heterocycles. The average molecular weight is 442 g/mol. The van der Waals surface area contributed by atoms with Crippen LogP contribution in [0.3, 0.4) is 0 Å². The Morgan fingerprint density at radius 2 is 2.00 bits per heavy atom. The largest absolute Gasteiger partial charge is 0.451 e. The van der Waals surface area contributed by atoms with Gasteiger partial charge < -0.3 is 19.9 Å². The number of aliphatic hydroxyl groups is 1. The molecule has 0 aliphatic carbocycles. The van der Waals surface area contributed by atoms with Gasteiger partial charge in [-0.05, 0) is 12.8 Å². The van der Waals surface area contributed by atoms with Gasteiger partial charge in [0, 0.05) is 19.6 Å². The van der Waals surface area contributed by atoms with Crippen molar-refractivity contribution in [3.63, 3.8) is 0 Å². The molecular formula is C17H21F3N8OS. The van der Waals surface area contributed by atoms with Gasteiger partial charge in [-0.1, -0.05) is 24.7 Å². The number of unbranched alkanes of at least 4 members (excludes halogenated alkanes) is 1. The molecule has 1 aliphatic rings. The molecule has 4 rings (SSSR count). The molecule has 3 aromatic heterocycles. The van der Waals surface area contributed by atoms with Gasteiger partial charge >= 0.3 is 6.18 Å². The number of fused-ring (bicyclic) bond motifs is 2. The van der Waals surface area contributed by atoms with Crippen molar-refractivity contribution in [2.24, 2.45) is 0 Å². The van der Waals surface area contributed by atoms with E-state index in [9.17, 15) is 13.2 Å². The Labute approximate surface area is 174 Å². The van der Waals surface area contributed by atoms with E-state index in [1.807, 2.05) is 4.90 Å². The van der Waals surface area contributed by atoms with Crippen molar-refractivity contribution in [2.45, 2.75) is 45.5 Å². The third kappa shape index (κ3) is 4.03. The number of aryl methyl sites for hydroxylation is 1. The number of halogens is 3. The normalized spacial score (nSPS) is 14.4. The first-order valence-corrected chi connectivity index (χ1v) is 10.5. The summed E-state index contributed by atoms with van der Waals surface area (Å²) in [5, 5.41) is 20.1. The maximum Gasteiger partial charge on any atom is 0.451 e. The molecule has 0 fully saturated rings. The zero-order valence-corrected chi connectivity index (χ0v) is 17.1. The Morgan fingerprint density at radius 3 is 2.73 bits per heavy atom. The van der Waals surface area contributed by atoms with Crippen LogP contribution in [0.2, 0.25) is 0 Å². The lowest BCUT2D eigenvalue weighted by atomic mass is 10.3. The smallest absolute Gasteiger partial charge is 0.395 e. The number of aromatic nitrogens is 6. The Morgan fingerprint density at radius 1 is 1.17 bits per heavy atom. The Hall–Kier alpha value is -2.54. The van der Waals surface area contributed by atoms with E-state index in [0.717, 1.165) is 28.8 Å². The van der Waals surface area contributed by atoms with Gasteiger partial charge in [0.05, 0.1) is 18.2 Å². The summed E-state index contributed by atoms with van der Waals surface area (Å²) < 4.78 is 40.5. The molecular weight excluding hydrogens is 421 g/mol. The second-order valence-electron chi connectivity index (χ2n) is 6.90. The Balaban J connectivity index is 1.70. The van der Waals surface area contributed by atoms with E-state index in [4.69, 9.17) is 10.1 Å². The van der Waals surface area contributed by atoms with E-state index in [0.29, 0.717) is 28.7 Å². The SMILES string of the molecule is CCCCc1nc2c(N3CCn4c(nnc4C(F)(F)F)C3)nc(NCCO)nc2s1. The molecule has 0 aromatic carbocycles. The van der Waals surface area contributed by atoms with E-state index in [-0.39, 0.29) is 32.1 Å². The molecule has 9 nitrogen and oxygen atoms in total. The lowest BCUT2D eigenvalue weighted by Crippen LogP contribution is -2.36. The second-order valence-corrected chi connectivity index (χ2v) is 7.96. The molecule has 13 heteroatoms. The molecule has 0 saturated carbocycles. The predicted molar refractivity (Wildman–Crippen MR) is 105 cm³/mol. The van der Waals surface area contributed by atoms with Crippen molar-refractivity contribution in [1.82, 2.24) is 29.7 Å². The first-order chi connectivity index (χ1) is 14.4. The van der Waals surface area contributed by atoms with E-state index in [1.54, 1.807) is 0 Å². The van der Waals surface area contributed by atoms with Crippen LogP contribution in [0.4, 0.5) is 24.9 Å². The number of anilines is 2. The van der Waals surface area contributed by atoms with Gasteiger partial charge in [0.2, 0.25) is 11.8 Å². The maximum absolute atomic E-state index is 13.1. The topological polar surface area (TPSA) is 105 Å². The number of nitrogens with one attached hydrogen (secondary N) is 1. The summed E-state index contributed by atoms with van der Waals surface area (Å²) >= 11 is 1.48. The van der Waals surface area contributed by atoms with Crippen LogP contribution in [0.5, 0.6) is 0 Å². The van der Waals surface area contributed by atoms with Crippen LogP contribution in [-0.4, -0.2) is 54.5 Å². The zero-order valence-electron chi connectivity index (χ0n) is 16.3. The van der Waals surface area contributed by atoms with Crippen LogP contribution in [0, 0.1) is 0 Å². The quantitative estimate of drug-likeness (QED) is 0.575. The van der Waals surface area contributed by atoms with Crippen molar-refractivity contribution in [2.75, 3.05) is 29.9 Å². The Bertz CT molecular complexity index is 1030. The van der Waals surface area contributed by atoms with Gasteiger partial charge in [-0.2, -0.15) is 18.2 Å². The number of rotatable bonds is 7. The fraction of sp³-hybridized carbons (Fsp3) is 0.588. The zero-order chi connectivity index (χ0) is 21.3.